The number of carboxylic acid groups (broad SMARTS) is 1. The number of hydrogen-bond acceptors (Lipinski definition) is 5. The zero-order chi connectivity index (χ0) is 19.3. The lowest BCUT2D eigenvalue weighted by Crippen LogP contribution is -2.54. The number of rotatable bonds is 9. The molecule has 8 heteroatoms. The standard InChI is InChI=1S/C18H26ClN3O4/c1-4-22(9-16(23)24)14-6-13(7-14)21-17(25)12-5-15(19)18(20-8-12)26-10-11(2)3/h5,8,11,13-14H,4,6-7,9-10H2,1-3H3,(H,21,25)(H,23,24). The lowest BCUT2D eigenvalue weighted by molar-refractivity contribution is -0.139. The highest BCUT2D eigenvalue weighted by molar-refractivity contribution is 6.32. The van der Waals surface area contributed by atoms with Crippen molar-refractivity contribution in [3.8, 4) is 5.88 Å². The number of carbonyl (C=O) groups is 2. The molecule has 0 aliphatic heterocycles. The minimum absolute atomic E-state index is 0.0270. The van der Waals surface area contributed by atoms with Gasteiger partial charge >= 0.3 is 5.97 Å². The number of pyridine rings is 1. The summed E-state index contributed by atoms with van der Waals surface area (Å²) < 4.78 is 5.50. The Hall–Kier alpha value is -1.86. The van der Waals surface area contributed by atoms with E-state index in [9.17, 15) is 9.59 Å². The van der Waals surface area contributed by atoms with Crippen molar-refractivity contribution in [2.24, 2.45) is 5.92 Å². The third-order valence-electron chi connectivity index (χ3n) is 4.33. The predicted molar refractivity (Wildman–Crippen MR) is 98.7 cm³/mol. The number of nitrogens with one attached hydrogen (secondary N) is 1. The number of amides is 1. The average Bonchev–Trinajstić information content (AvgIpc) is 2.54. The van der Waals surface area contributed by atoms with Gasteiger partial charge in [-0.05, 0) is 31.4 Å². The van der Waals surface area contributed by atoms with Crippen LogP contribution in [0.2, 0.25) is 5.02 Å². The monoisotopic (exact) mass is 383 g/mol. The van der Waals surface area contributed by atoms with Crippen molar-refractivity contribution >= 4 is 23.5 Å². The zero-order valence-electron chi connectivity index (χ0n) is 15.4. The van der Waals surface area contributed by atoms with Crippen LogP contribution < -0.4 is 10.1 Å². The topological polar surface area (TPSA) is 91.8 Å². The highest BCUT2D eigenvalue weighted by atomic mass is 35.5. The molecule has 2 N–H and O–H groups in total. The number of ether oxygens (including phenoxy) is 1. The molecule has 1 fully saturated rings. The molecule has 1 aromatic heterocycles. The van der Waals surface area contributed by atoms with E-state index in [1.807, 2.05) is 25.7 Å². The number of halogens is 1. The summed E-state index contributed by atoms with van der Waals surface area (Å²) in [5, 5.41) is 12.2. The minimum Gasteiger partial charge on any atom is -0.480 e. The second-order valence-corrected chi connectivity index (χ2v) is 7.38. The summed E-state index contributed by atoms with van der Waals surface area (Å²) >= 11 is 6.14. The SMILES string of the molecule is CCN(CC(=O)O)C1CC(NC(=O)c2cnc(OCC(C)C)c(Cl)c2)C1. The number of carboxylic acids is 1. The summed E-state index contributed by atoms with van der Waals surface area (Å²) in [5.41, 5.74) is 0.383. The van der Waals surface area contributed by atoms with Gasteiger partial charge in [-0.25, -0.2) is 4.98 Å². The van der Waals surface area contributed by atoms with E-state index in [1.54, 1.807) is 6.07 Å². The quantitative estimate of drug-likeness (QED) is 0.680. The highest BCUT2D eigenvalue weighted by Crippen LogP contribution is 2.27. The summed E-state index contributed by atoms with van der Waals surface area (Å²) in [5.74, 6) is -0.390. The van der Waals surface area contributed by atoms with Gasteiger partial charge in [-0.1, -0.05) is 32.4 Å². The normalized spacial score (nSPS) is 19.3. The van der Waals surface area contributed by atoms with Crippen LogP contribution in [0.1, 0.15) is 44.0 Å². The highest BCUT2D eigenvalue weighted by Gasteiger charge is 2.34. The van der Waals surface area contributed by atoms with E-state index in [-0.39, 0.29) is 24.5 Å². The van der Waals surface area contributed by atoms with Crippen LogP contribution >= 0.6 is 11.6 Å². The minimum atomic E-state index is -0.833. The maximum Gasteiger partial charge on any atom is 0.317 e. The van der Waals surface area contributed by atoms with Gasteiger partial charge in [0.1, 0.15) is 5.02 Å². The Bertz CT molecular complexity index is 647. The fraction of sp³-hybridized carbons (Fsp3) is 0.611. The van der Waals surface area contributed by atoms with Crippen molar-refractivity contribution in [1.29, 1.82) is 0 Å². The van der Waals surface area contributed by atoms with Crippen molar-refractivity contribution in [1.82, 2.24) is 15.2 Å². The van der Waals surface area contributed by atoms with Gasteiger partial charge in [0, 0.05) is 18.3 Å². The Labute approximate surface area is 158 Å². The number of aliphatic carboxylic acids is 1. The van der Waals surface area contributed by atoms with Gasteiger partial charge in [0.05, 0.1) is 18.7 Å². The van der Waals surface area contributed by atoms with Crippen LogP contribution in [0.4, 0.5) is 0 Å². The molecule has 7 nitrogen and oxygen atoms in total. The van der Waals surface area contributed by atoms with Crippen molar-refractivity contribution in [3.63, 3.8) is 0 Å². The number of hydrogen-bond donors (Lipinski definition) is 2. The van der Waals surface area contributed by atoms with Crippen molar-refractivity contribution < 1.29 is 19.4 Å². The van der Waals surface area contributed by atoms with Crippen LogP contribution in [0.25, 0.3) is 0 Å². The van der Waals surface area contributed by atoms with Crippen LogP contribution in [-0.4, -0.2) is 58.6 Å². The molecule has 144 valence electrons. The van der Waals surface area contributed by atoms with E-state index >= 15 is 0 Å². The van der Waals surface area contributed by atoms with Crippen molar-refractivity contribution in [2.45, 2.75) is 45.7 Å². The Morgan fingerprint density at radius 3 is 2.69 bits per heavy atom. The lowest BCUT2D eigenvalue weighted by atomic mass is 9.85. The van der Waals surface area contributed by atoms with Gasteiger partial charge in [-0.15, -0.1) is 0 Å². The van der Waals surface area contributed by atoms with E-state index in [4.69, 9.17) is 21.4 Å². The van der Waals surface area contributed by atoms with Crippen LogP contribution in [-0.2, 0) is 4.79 Å². The largest absolute Gasteiger partial charge is 0.480 e. The van der Waals surface area contributed by atoms with E-state index in [0.29, 0.717) is 35.5 Å². The Morgan fingerprint density at radius 1 is 1.46 bits per heavy atom. The van der Waals surface area contributed by atoms with Gasteiger partial charge in [0.2, 0.25) is 5.88 Å². The molecular formula is C18H26ClN3O4. The van der Waals surface area contributed by atoms with Crippen LogP contribution in [0.15, 0.2) is 12.3 Å². The molecule has 1 heterocycles. The molecule has 2 rings (SSSR count). The lowest BCUT2D eigenvalue weighted by Gasteiger charge is -2.42. The first kappa shape index (κ1) is 20.5. The third kappa shape index (κ3) is 5.57. The molecule has 1 saturated carbocycles. The number of likely N-dealkylation sites (N-methyl/N-ethyl adjacent to an activating group) is 1. The van der Waals surface area contributed by atoms with E-state index < -0.39 is 5.97 Å². The van der Waals surface area contributed by atoms with Crippen molar-refractivity contribution in [3.05, 3.63) is 22.8 Å². The molecular weight excluding hydrogens is 358 g/mol. The zero-order valence-corrected chi connectivity index (χ0v) is 16.1. The first-order valence-corrected chi connectivity index (χ1v) is 9.23. The van der Waals surface area contributed by atoms with Crippen molar-refractivity contribution in [2.75, 3.05) is 19.7 Å². The molecule has 0 bridgehead atoms. The van der Waals surface area contributed by atoms with Crippen LogP contribution in [0, 0.1) is 5.92 Å². The summed E-state index contributed by atoms with van der Waals surface area (Å²) in [6.07, 6.45) is 2.93. The molecule has 0 unspecified atom stereocenters. The molecule has 1 aromatic rings. The molecule has 0 aromatic carbocycles. The smallest absolute Gasteiger partial charge is 0.317 e. The van der Waals surface area contributed by atoms with Gasteiger partial charge in [0.15, 0.2) is 0 Å². The van der Waals surface area contributed by atoms with E-state index in [2.05, 4.69) is 10.3 Å². The predicted octanol–water partition coefficient (Wildman–Crippen LogP) is 2.44. The number of aromatic nitrogens is 1. The van der Waals surface area contributed by atoms with E-state index in [0.717, 1.165) is 12.8 Å². The fourth-order valence-electron chi connectivity index (χ4n) is 2.85. The van der Waals surface area contributed by atoms with Gasteiger partial charge in [0.25, 0.3) is 5.91 Å². The molecule has 1 aliphatic rings. The Balaban J connectivity index is 1.85. The third-order valence-corrected chi connectivity index (χ3v) is 4.60. The summed E-state index contributed by atoms with van der Waals surface area (Å²) in [6.45, 7) is 7.20. The first-order valence-electron chi connectivity index (χ1n) is 8.85. The van der Waals surface area contributed by atoms with Crippen LogP contribution in [0.5, 0.6) is 5.88 Å². The number of nitrogens with zero attached hydrogens (tertiary/aromatic N) is 2. The summed E-state index contributed by atoms with van der Waals surface area (Å²) in [6, 6.07) is 1.78. The van der Waals surface area contributed by atoms with Gasteiger partial charge in [-0.3, -0.25) is 14.5 Å². The molecule has 1 aliphatic carbocycles. The number of carbonyl (C=O) groups excluding carboxylic acids is 1. The molecule has 26 heavy (non-hydrogen) atoms. The Morgan fingerprint density at radius 2 is 2.15 bits per heavy atom. The first-order chi connectivity index (χ1) is 12.3. The van der Waals surface area contributed by atoms with Gasteiger partial charge < -0.3 is 15.2 Å². The summed E-state index contributed by atoms with van der Waals surface area (Å²) in [7, 11) is 0. The second kappa shape index (κ2) is 9.19. The molecule has 1 amide bonds. The van der Waals surface area contributed by atoms with Gasteiger partial charge in [-0.2, -0.15) is 0 Å². The fourth-order valence-corrected chi connectivity index (χ4v) is 3.07. The average molecular weight is 384 g/mol. The maximum absolute atomic E-state index is 12.3. The maximum atomic E-state index is 12.3. The second-order valence-electron chi connectivity index (χ2n) is 6.97. The molecule has 0 saturated heterocycles. The molecule has 0 atom stereocenters. The van der Waals surface area contributed by atoms with Crippen LogP contribution in [0.3, 0.4) is 0 Å². The molecule has 0 spiro atoms. The molecule has 0 radical (unpaired) electrons. The summed E-state index contributed by atoms with van der Waals surface area (Å²) in [4.78, 5) is 29.2. The van der Waals surface area contributed by atoms with E-state index in [1.165, 1.54) is 6.20 Å². The Kier molecular flexibility index (Phi) is 7.23.